The molecule has 0 unspecified atom stereocenters. The zero-order chi connectivity index (χ0) is 11.7. The van der Waals surface area contributed by atoms with Crippen molar-refractivity contribution >= 4 is 17.5 Å². The zero-order valence-corrected chi connectivity index (χ0v) is 8.83. The van der Waals surface area contributed by atoms with Crippen LogP contribution in [0, 0.1) is 0 Å². The van der Waals surface area contributed by atoms with E-state index in [9.17, 15) is 18.0 Å². The van der Waals surface area contributed by atoms with Crippen LogP contribution < -0.4 is 5.32 Å². The fourth-order valence-electron chi connectivity index (χ4n) is 0.766. The van der Waals surface area contributed by atoms with Crippen LogP contribution >= 0.6 is 11.6 Å². The molecule has 0 atom stereocenters. The average molecular weight is 248 g/mol. The molecule has 0 aromatic carbocycles. The first-order chi connectivity index (χ1) is 6.95. The number of carbonyl (C=O) groups is 1. The van der Waals surface area contributed by atoms with Gasteiger partial charge in [-0.05, 0) is 6.42 Å². The molecular formula is C8H13ClF3NO2. The Morgan fingerprint density at radius 1 is 1.40 bits per heavy atom. The summed E-state index contributed by atoms with van der Waals surface area (Å²) in [6.07, 6.45) is -3.48. The number of nitrogens with one attached hydrogen (secondary N) is 1. The maximum absolute atomic E-state index is 11.6. The molecule has 0 fully saturated rings. The van der Waals surface area contributed by atoms with Gasteiger partial charge in [0.05, 0.1) is 6.61 Å². The third-order valence-corrected chi connectivity index (χ3v) is 1.64. The molecule has 15 heavy (non-hydrogen) atoms. The highest BCUT2D eigenvalue weighted by Gasteiger charge is 2.27. The van der Waals surface area contributed by atoms with Gasteiger partial charge in [0, 0.05) is 18.8 Å². The van der Waals surface area contributed by atoms with E-state index in [1.807, 2.05) is 0 Å². The first-order valence-corrected chi connectivity index (χ1v) is 4.96. The Bertz CT molecular complexity index is 187. The SMILES string of the molecule is O=C(CCCCl)NCCOCC(F)(F)F. The normalized spacial score (nSPS) is 11.5. The Morgan fingerprint density at radius 2 is 2.07 bits per heavy atom. The van der Waals surface area contributed by atoms with Crippen LogP contribution in [0.4, 0.5) is 13.2 Å². The van der Waals surface area contributed by atoms with Gasteiger partial charge in [-0.15, -0.1) is 11.6 Å². The second-order valence-electron chi connectivity index (χ2n) is 2.81. The molecule has 7 heteroatoms. The van der Waals surface area contributed by atoms with Gasteiger partial charge in [-0.1, -0.05) is 0 Å². The molecular weight excluding hydrogens is 235 g/mol. The van der Waals surface area contributed by atoms with Crippen molar-refractivity contribution in [2.24, 2.45) is 0 Å². The lowest BCUT2D eigenvalue weighted by molar-refractivity contribution is -0.173. The summed E-state index contributed by atoms with van der Waals surface area (Å²) in [5, 5.41) is 2.41. The molecule has 0 saturated carbocycles. The maximum atomic E-state index is 11.6. The van der Waals surface area contributed by atoms with Crippen LogP contribution in [0.15, 0.2) is 0 Å². The molecule has 90 valence electrons. The number of rotatable bonds is 7. The summed E-state index contributed by atoms with van der Waals surface area (Å²) in [5.74, 6) is 0.157. The third-order valence-electron chi connectivity index (χ3n) is 1.37. The topological polar surface area (TPSA) is 38.3 Å². The van der Waals surface area contributed by atoms with E-state index < -0.39 is 12.8 Å². The van der Waals surface area contributed by atoms with Crippen molar-refractivity contribution in [1.29, 1.82) is 0 Å². The minimum atomic E-state index is -4.32. The minimum Gasteiger partial charge on any atom is -0.370 e. The van der Waals surface area contributed by atoms with Crippen molar-refractivity contribution in [3.63, 3.8) is 0 Å². The molecule has 0 aliphatic carbocycles. The highest BCUT2D eigenvalue weighted by atomic mass is 35.5. The van der Waals surface area contributed by atoms with E-state index in [2.05, 4.69) is 10.1 Å². The van der Waals surface area contributed by atoms with Gasteiger partial charge < -0.3 is 10.1 Å². The predicted molar refractivity (Wildman–Crippen MR) is 49.8 cm³/mol. The number of alkyl halides is 4. The molecule has 1 amide bonds. The van der Waals surface area contributed by atoms with Crippen LogP contribution in [0.2, 0.25) is 0 Å². The Morgan fingerprint density at radius 3 is 2.60 bits per heavy atom. The zero-order valence-electron chi connectivity index (χ0n) is 8.07. The largest absolute Gasteiger partial charge is 0.411 e. The summed E-state index contributed by atoms with van der Waals surface area (Å²) in [4.78, 5) is 10.9. The summed E-state index contributed by atoms with van der Waals surface area (Å²) in [6, 6.07) is 0. The molecule has 3 nitrogen and oxygen atoms in total. The van der Waals surface area contributed by atoms with Gasteiger partial charge >= 0.3 is 6.18 Å². The number of carbonyl (C=O) groups excluding carboxylic acids is 1. The number of amides is 1. The first-order valence-electron chi connectivity index (χ1n) is 4.43. The number of ether oxygens (including phenoxy) is 1. The lowest BCUT2D eigenvalue weighted by Crippen LogP contribution is -2.28. The standard InChI is InChI=1S/C8H13ClF3NO2/c9-3-1-2-7(14)13-4-5-15-6-8(10,11)12/h1-6H2,(H,13,14). The molecule has 0 aliphatic rings. The summed E-state index contributed by atoms with van der Waals surface area (Å²) >= 11 is 5.35. The molecule has 0 saturated heterocycles. The Balaban J connectivity index is 3.27. The monoisotopic (exact) mass is 247 g/mol. The van der Waals surface area contributed by atoms with Gasteiger partial charge in [0.15, 0.2) is 0 Å². The van der Waals surface area contributed by atoms with Crippen LogP contribution in [0.25, 0.3) is 0 Å². The van der Waals surface area contributed by atoms with Crippen LogP contribution in [-0.2, 0) is 9.53 Å². The van der Waals surface area contributed by atoms with Crippen molar-refractivity contribution in [1.82, 2.24) is 5.32 Å². The number of halogens is 4. The van der Waals surface area contributed by atoms with Gasteiger partial charge in [0.1, 0.15) is 6.61 Å². The molecule has 0 heterocycles. The van der Waals surface area contributed by atoms with Crippen LogP contribution in [-0.4, -0.2) is 37.7 Å². The molecule has 0 aromatic rings. The molecule has 0 bridgehead atoms. The second kappa shape index (κ2) is 7.76. The van der Waals surface area contributed by atoms with Gasteiger partial charge in [0.25, 0.3) is 0 Å². The highest BCUT2D eigenvalue weighted by Crippen LogP contribution is 2.13. The molecule has 0 aromatic heterocycles. The van der Waals surface area contributed by atoms with E-state index in [-0.39, 0.29) is 25.5 Å². The maximum Gasteiger partial charge on any atom is 0.411 e. The van der Waals surface area contributed by atoms with E-state index in [1.165, 1.54) is 0 Å². The molecule has 1 N–H and O–H groups in total. The molecule has 0 aliphatic heterocycles. The van der Waals surface area contributed by atoms with Crippen molar-refractivity contribution < 1.29 is 22.7 Å². The predicted octanol–water partition coefficient (Wildman–Crippen LogP) is 1.70. The van der Waals surface area contributed by atoms with Crippen molar-refractivity contribution in [2.45, 2.75) is 19.0 Å². The Kier molecular flexibility index (Phi) is 7.50. The van der Waals surface area contributed by atoms with Crippen LogP contribution in [0.1, 0.15) is 12.8 Å². The van der Waals surface area contributed by atoms with Gasteiger partial charge in [-0.3, -0.25) is 4.79 Å². The van der Waals surface area contributed by atoms with E-state index in [0.717, 1.165) is 0 Å². The summed E-state index contributed by atoms with van der Waals surface area (Å²) in [7, 11) is 0. The van der Waals surface area contributed by atoms with E-state index >= 15 is 0 Å². The molecule has 0 spiro atoms. The summed E-state index contributed by atoms with van der Waals surface area (Å²) in [5.41, 5.74) is 0. The van der Waals surface area contributed by atoms with E-state index in [4.69, 9.17) is 11.6 Å². The highest BCUT2D eigenvalue weighted by molar-refractivity contribution is 6.17. The molecule has 0 rings (SSSR count). The lowest BCUT2D eigenvalue weighted by atomic mass is 10.3. The van der Waals surface area contributed by atoms with Crippen LogP contribution in [0.3, 0.4) is 0 Å². The fraction of sp³-hybridized carbons (Fsp3) is 0.875. The number of hydrogen-bond acceptors (Lipinski definition) is 2. The number of hydrogen-bond donors (Lipinski definition) is 1. The fourth-order valence-corrected chi connectivity index (χ4v) is 0.900. The van der Waals surface area contributed by atoms with Crippen molar-refractivity contribution in [3.8, 4) is 0 Å². The smallest absolute Gasteiger partial charge is 0.370 e. The van der Waals surface area contributed by atoms with Crippen LogP contribution in [0.5, 0.6) is 0 Å². The van der Waals surface area contributed by atoms with Crippen molar-refractivity contribution in [3.05, 3.63) is 0 Å². The van der Waals surface area contributed by atoms with Gasteiger partial charge in [-0.25, -0.2) is 0 Å². The minimum absolute atomic E-state index is 0.0806. The quantitative estimate of drug-likeness (QED) is 0.549. The Labute approximate surface area is 90.9 Å². The summed E-state index contributed by atoms with van der Waals surface area (Å²) in [6.45, 7) is -1.35. The first kappa shape index (κ1) is 14.5. The van der Waals surface area contributed by atoms with Gasteiger partial charge in [0.2, 0.25) is 5.91 Å². The van der Waals surface area contributed by atoms with Crippen molar-refractivity contribution in [2.75, 3.05) is 25.6 Å². The second-order valence-corrected chi connectivity index (χ2v) is 3.19. The van der Waals surface area contributed by atoms with E-state index in [1.54, 1.807) is 0 Å². The lowest BCUT2D eigenvalue weighted by Gasteiger charge is -2.08. The Hall–Kier alpha value is -0.490. The third kappa shape index (κ3) is 11.4. The van der Waals surface area contributed by atoms with E-state index in [0.29, 0.717) is 12.3 Å². The van der Waals surface area contributed by atoms with Gasteiger partial charge in [-0.2, -0.15) is 13.2 Å². The molecule has 0 radical (unpaired) electrons. The average Bonchev–Trinajstić information content (AvgIpc) is 2.12. The summed E-state index contributed by atoms with van der Waals surface area (Å²) < 4.78 is 39.0.